The van der Waals surface area contributed by atoms with Gasteiger partial charge < -0.3 is 5.32 Å². The molecule has 3 rings (SSSR count). The van der Waals surface area contributed by atoms with Gasteiger partial charge in [-0.05, 0) is 80.3 Å². The lowest BCUT2D eigenvalue weighted by Crippen LogP contribution is -2.10. The Morgan fingerprint density at radius 3 is 2.48 bits per heavy atom. The van der Waals surface area contributed by atoms with Crippen LogP contribution in [0, 0.1) is 13.8 Å². The van der Waals surface area contributed by atoms with E-state index in [0.29, 0.717) is 6.04 Å². The first kappa shape index (κ1) is 14.2. The lowest BCUT2D eigenvalue weighted by atomic mass is 9.89. The van der Waals surface area contributed by atoms with Gasteiger partial charge in [0.05, 0.1) is 0 Å². The number of aryl methyl sites for hydroxylation is 4. The lowest BCUT2D eigenvalue weighted by molar-refractivity contribution is 0.683. The van der Waals surface area contributed by atoms with E-state index in [1.807, 2.05) is 0 Å². The summed E-state index contributed by atoms with van der Waals surface area (Å²) in [5.74, 6) is 0. The highest BCUT2D eigenvalue weighted by Gasteiger charge is 2.13. The van der Waals surface area contributed by atoms with Gasteiger partial charge in [-0.25, -0.2) is 0 Å². The van der Waals surface area contributed by atoms with Crippen molar-refractivity contribution in [2.24, 2.45) is 0 Å². The van der Waals surface area contributed by atoms with Crippen LogP contribution in [0.25, 0.3) is 0 Å². The summed E-state index contributed by atoms with van der Waals surface area (Å²) in [5, 5.41) is 3.67. The number of rotatable bonds is 3. The van der Waals surface area contributed by atoms with Crippen molar-refractivity contribution in [2.45, 2.75) is 52.5 Å². The molecule has 0 bridgehead atoms. The van der Waals surface area contributed by atoms with Gasteiger partial charge in [0.2, 0.25) is 0 Å². The van der Waals surface area contributed by atoms with E-state index in [4.69, 9.17) is 0 Å². The zero-order chi connectivity index (χ0) is 14.8. The van der Waals surface area contributed by atoms with Crippen molar-refractivity contribution < 1.29 is 0 Å². The zero-order valence-corrected chi connectivity index (χ0v) is 13.4. The van der Waals surface area contributed by atoms with Crippen molar-refractivity contribution >= 4 is 5.69 Å². The molecule has 0 fully saturated rings. The number of nitrogens with one attached hydrogen (secondary N) is 1. The van der Waals surface area contributed by atoms with Crippen LogP contribution >= 0.6 is 0 Å². The zero-order valence-electron chi connectivity index (χ0n) is 13.4. The largest absolute Gasteiger partial charge is 0.378 e. The minimum absolute atomic E-state index is 0.345. The molecule has 0 aromatic heterocycles. The van der Waals surface area contributed by atoms with Crippen molar-refractivity contribution in [1.29, 1.82) is 0 Å². The molecule has 0 saturated carbocycles. The Labute approximate surface area is 128 Å². The smallest absolute Gasteiger partial charge is 0.0485 e. The van der Waals surface area contributed by atoms with Crippen LogP contribution in [-0.2, 0) is 12.8 Å². The molecule has 110 valence electrons. The second-order valence-corrected chi connectivity index (χ2v) is 6.42. The summed E-state index contributed by atoms with van der Waals surface area (Å²) >= 11 is 0. The van der Waals surface area contributed by atoms with E-state index in [0.717, 1.165) is 0 Å². The number of fused-ring (bicyclic) bond motifs is 1. The van der Waals surface area contributed by atoms with E-state index in [1.165, 1.54) is 48.1 Å². The maximum atomic E-state index is 3.67. The second kappa shape index (κ2) is 5.93. The Bertz CT molecular complexity index is 642. The summed E-state index contributed by atoms with van der Waals surface area (Å²) in [7, 11) is 0. The summed E-state index contributed by atoms with van der Waals surface area (Å²) in [4.78, 5) is 0. The molecular weight excluding hydrogens is 254 g/mol. The number of hydrogen-bond acceptors (Lipinski definition) is 1. The molecule has 2 aromatic carbocycles. The molecule has 0 heterocycles. The van der Waals surface area contributed by atoms with Crippen LogP contribution in [0.2, 0.25) is 0 Å². The Balaban J connectivity index is 1.82. The van der Waals surface area contributed by atoms with Crippen LogP contribution in [0.3, 0.4) is 0 Å². The highest BCUT2D eigenvalue weighted by molar-refractivity contribution is 5.54. The molecule has 21 heavy (non-hydrogen) atoms. The van der Waals surface area contributed by atoms with Gasteiger partial charge in [-0.15, -0.1) is 0 Å². The van der Waals surface area contributed by atoms with Gasteiger partial charge in [0, 0.05) is 11.7 Å². The minimum Gasteiger partial charge on any atom is -0.378 e. The Hall–Kier alpha value is -1.76. The van der Waals surface area contributed by atoms with E-state index in [-0.39, 0.29) is 0 Å². The average Bonchev–Trinajstić information content (AvgIpc) is 2.50. The van der Waals surface area contributed by atoms with Gasteiger partial charge in [0.1, 0.15) is 0 Å². The maximum Gasteiger partial charge on any atom is 0.0485 e. The van der Waals surface area contributed by atoms with Crippen LogP contribution in [0.15, 0.2) is 36.4 Å². The molecule has 1 atom stereocenters. The molecule has 0 spiro atoms. The molecule has 0 amide bonds. The lowest BCUT2D eigenvalue weighted by Gasteiger charge is -2.21. The predicted octanol–water partition coefficient (Wildman–Crippen LogP) is 5.36. The van der Waals surface area contributed by atoms with Crippen molar-refractivity contribution in [3.63, 3.8) is 0 Å². The fourth-order valence-electron chi connectivity index (χ4n) is 3.23. The molecule has 1 unspecified atom stereocenters. The summed E-state index contributed by atoms with van der Waals surface area (Å²) in [6.07, 6.45) is 5.20. The maximum absolute atomic E-state index is 3.67. The SMILES string of the molecule is Cc1ccc(C)c(NC(C)c2ccc3c(c2)CCCC3)c1. The summed E-state index contributed by atoms with van der Waals surface area (Å²) in [6, 6.07) is 14.0. The quantitative estimate of drug-likeness (QED) is 0.798. The second-order valence-electron chi connectivity index (χ2n) is 6.42. The summed E-state index contributed by atoms with van der Waals surface area (Å²) in [5.41, 5.74) is 8.39. The molecule has 1 N–H and O–H groups in total. The first-order valence-corrected chi connectivity index (χ1v) is 8.09. The fourth-order valence-corrected chi connectivity index (χ4v) is 3.23. The standard InChI is InChI=1S/C20H25N/c1-14-8-9-15(2)20(12-14)21-16(3)18-11-10-17-6-4-5-7-19(17)13-18/h8-13,16,21H,4-7H2,1-3H3. The van der Waals surface area contributed by atoms with Crippen LogP contribution in [-0.4, -0.2) is 0 Å². The molecule has 0 saturated heterocycles. The van der Waals surface area contributed by atoms with E-state index in [2.05, 4.69) is 62.5 Å². The van der Waals surface area contributed by atoms with Gasteiger partial charge in [0.25, 0.3) is 0 Å². The van der Waals surface area contributed by atoms with E-state index in [1.54, 1.807) is 11.1 Å². The van der Waals surface area contributed by atoms with Gasteiger partial charge in [-0.1, -0.05) is 30.3 Å². The van der Waals surface area contributed by atoms with Crippen molar-refractivity contribution in [2.75, 3.05) is 5.32 Å². The third-order valence-electron chi connectivity index (χ3n) is 4.64. The van der Waals surface area contributed by atoms with Crippen LogP contribution in [0.5, 0.6) is 0 Å². The third kappa shape index (κ3) is 3.12. The molecular formula is C20H25N. The summed E-state index contributed by atoms with van der Waals surface area (Å²) < 4.78 is 0. The average molecular weight is 279 g/mol. The Morgan fingerprint density at radius 1 is 0.905 bits per heavy atom. The van der Waals surface area contributed by atoms with E-state index >= 15 is 0 Å². The van der Waals surface area contributed by atoms with Gasteiger partial charge in [-0.3, -0.25) is 0 Å². The molecule has 1 nitrogen and oxygen atoms in total. The molecule has 1 aliphatic carbocycles. The number of hydrogen-bond donors (Lipinski definition) is 1. The molecule has 1 heteroatoms. The van der Waals surface area contributed by atoms with Gasteiger partial charge in [-0.2, -0.15) is 0 Å². The molecule has 1 aliphatic rings. The van der Waals surface area contributed by atoms with E-state index < -0.39 is 0 Å². The Morgan fingerprint density at radius 2 is 1.67 bits per heavy atom. The van der Waals surface area contributed by atoms with Crippen LogP contribution in [0.4, 0.5) is 5.69 Å². The van der Waals surface area contributed by atoms with Crippen molar-refractivity contribution in [3.8, 4) is 0 Å². The Kier molecular flexibility index (Phi) is 4.01. The van der Waals surface area contributed by atoms with E-state index in [9.17, 15) is 0 Å². The monoisotopic (exact) mass is 279 g/mol. The summed E-state index contributed by atoms with van der Waals surface area (Å²) in [6.45, 7) is 6.57. The van der Waals surface area contributed by atoms with Crippen molar-refractivity contribution in [3.05, 3.63) is 64.2 Å². The number of anilines is 1. The van der Waals surface area contributed by atoms with Crippen molar-refractivity contribution in [1.82, 2.24) is 0 Å². The first-order chi connectivity index (χ1) is 10.1. The fraction of sp³-hybridized carbons (Fsp3) is 0.400. The van der Waals surface area contributed by atoms with Crippen LogP contribution in [0.1, 0.15) is 53.6 Å². The molecule has 0 radical (unpaired) electrons. The van der Waals surface area contributed by atoms with Crippen LogP contribution < -0.4 is 5.32 Å². The predicted molar refractivity (Wildman–Crippen MR) is 91.0 cm³/mol. The normalized spacial score (nSPS) is 15.4. The molecule has 2 aromatic rings. The number of benzene rings is 2. The van der Waals surface area contributed by atoms with Gasteiger partial charge in [0.15, 0.2) is 0 Å². The first-order valence-electron chi connectivity index (χ1n) is 8.09. The minimum atomic E-state index is 0.345. The highest BCUT2D eigenvalue weighted by atomic mass is 14.9. The molecule has 0 aliphatic heterocycles. The van der Waals surface area contributed by atoms with Gasteiger partial charge >= 0.3 is 0 Å². The highest BCUT2D eigenvalue weighted by Crippen LogP contribution is 2.27. The topological polar surface area (TPSA) is 12.0 Å². The third-order valence-corrected chi connectivity index (χ3v) is 4.64.